The van der Waals surface area contributed by atoms with Gasteiger partial charge in [0.2, 0.25) is 0 Å². The van der Waals surface area contributed by atoms with E-state index >= 15 is 0 Å². The lowest BCUT2D eigenvalue weighted by Crippen LogP contribution is -2.28. The predicted molar refractivity (Wildman–Crippen MR) is 79.4 cm³/mol. The van der Waals surface area contributed by atoms with Crippen LogP contribution in [-0.2, 0) is 16.6 Å². The zero-order valence-corrected chi connectivity index (χ0v) is 13.4. The highest BCUT2D eigenvalue weighted by atomic mass is 35.5. The number of H-pyrrole nitrogens is 1. The van der Waals surface area contributed by atoms with E-state index < -0.39 is 10.0 Å². The second-order valence-electron chi connectivity index (χ2n) is 4.24. The standard InChI is InChI=1S/C11H15ClN4O2S2/c1-7(9-3-4-10(12)19-9)16-20(17,18)11-8(5-13-2)6-14-15-11/h3-4,6-7,13,16H,5H2,1-2H3,(H,14,15). The number of thiophene rings is 1. The van der Waals surface area contributed by atoms with Gasteiger partial charge in [0.15, 0.2) is 5.03 Å². The largest absolute Gasteiger partial charge is 0.316 e. The Kier molecular flexibility index (Phi) is 4.82. The summed E-state index contributed by atoms with van der Waals surface area (Å²) in [7, 11) is -1.91. The molecule has 0 saturated carbocycles. The lowest BCUT2D eigenvalue weighted by molar-refractivity contribution is 0.562. The van der Waals surface area contributed by atoms with E-state index in [1.165, 1.54) is 17.5 Å². The van der Waals surface area contributed by atoms with Gasteiger partial charge in [0.1, 0.15) is 0 Å². The summed E-state index contributed by atoms with van der Waals surface area (Å²) < 4.78 is 27.9. The van der Waals surface area contributed by atoms with Crippen LogP contribution in [0.5, 0.6) is 0 Å². The van der Waals surface area contributed by atoms with Crippen LogP contribution in [0.4, 0.5) is 0 Å². The van der Waals surface area contributed by atoms with E-state index in [9.17, 15) is 8.42 Å². The molecule has 0 aliphatic carbocycles. The topological polar surface area (TPSA) is 86.9 Å². The van der Waals surface area contributed by atoms with E-state index in [2.05, 4.69) is 20.2 Å². The highest BCUT2D eigenvalue weighted by Gasteiger charge is 2.23. The smallest absolute Gasteiger partial charge is 0.258 e. The van der Waals surface area contributed by atoms with Gasteiger partial charge in [0.05, 0.1) is 16.6 Å². The second-order valence-corrected chi connectivity index (χ2v) is 7.64. The van der Waals surface area contributed by atoms with E-state index in [1.807, 2.05) is 6.07 Å². The van der Waals surface area contributed by atoms with Crippen molar-refractivity contribution < 1.29 is 8.42 Å². The van der Waals surface area contributed by atoms with Crippen LogP contribution in [-0.4, -0.2) is 25.7 Å². The fraction of sp³-hybridized carbons (Fsp3) is 0.364. The quantitative estimate of drug-likeness (QED) is 0.752. The number of hydrogen-bond donors (Lipinski definition) is 3. The van der Waals surface area contributed by atoms with Gasteiger partial charge in [-0.05, 0) is 26.1 Å². The maximum Gasteiger partial charge on any atom is 0.258 e. The number of nitrogens with zero attached hydrogens (tertiary/aromatic N) is 1. The molecular formula is C11H15ClN4O2S2. The monoisotopic (exact) mass is 334 g/mol. The third kappa shape index (κ3) is 3.39. The van der Waals surface area contributed by atoms with Gasteiger partial charge < -0.3 is 5.32 Å². The first-order valence-electron chi connectivity index (χ1n) is 5.88. The number of halogens is 1. The van der Waals surface area contributed by atoms with Gasteiger partial charge in [-0.25, -0.2) is 13.1 Å². The maximum absolute atomic E-state index is 12.3. The first-order valence-corrected chi connectivity index (χ1v) is 8.56. The van der Waals surface area contributed by atoms with E-state index in [0.29, 0.717) is 16.4 Å². The molecule has 0 aliphatic rings. The first kappa shape index (κ1) is 15.5. The van der Waals surface area contributed by atoms with Gasteiger partial charge in [0.25, 0.3) is 10.0 Å². The van der Waals surface area contributed by atoms with Gasteiger partial charge in [0, 0.05) is 17.0 Å². The molecule has 2 rings (SSSR count). The highest BCUT2D eigenvalue weighted by Crippen LogP contribution is 2.27. The average molecular weight is 335 g/mol. The molecule has 0 fully saturated rings. The first-order chi connectivity index (χ1) is 9.44. The Hall–Kier alpha value is -0.930. The Bertz CT molecular complexity index is 680. The number of rotatable bonds is 6. The molecule has 0 aromatic carbocycles. The van der Waals surface area contributed by atoms with Gasteiger partial charge in [-0.1, -0.05) is 11.6 Å². The molecule has 20 heavy (non-hydrogen) atoms. The van der Waals surface area contributed by atoms with Crippen LogP contribution in [0.2, 0.25) is 4.34 Å². The summed E-state index contributed by atoms with van der Waals surface area (Å²) >= 11 is 7.21. The molecular weight excluding hydrogens is 320 g/mol. The Balaban J connectivity index is 2.20. The molecule has 0 amide bonds. The van der Waals surface area contributed by atoms with Crippen LogP contribution in [0.3, 0.4) is 0 Å². The highest BCUT2D eigenvalue weighted by molar-refractivity contribution is 7.89. The number of aromatic nitrogens is 2. The lowest BCUT2D eigenvalue weighted by Gasteiger charge is -2.12. The molecule has 1 atom stereocenters. The van der Waals surface area contributed by atoms with Crippen molar-refractivity contribution in [3.05, 3.63) is 33.1 Å². The van der Waals surface area contributed by atoms with E-state index in [1.54, 1.807) is 20.0 Å². The van der Waals surface area contributed by atoms with Crippen LogP contribution in [0.15, 0.2) is 23.4 Å². The van der Waals surface area contributed by atoms with Crippen LogP contribution >= 0.6 is 22.9 Å². The summed E-state index contributed by atoms with van der Waals surface area (Å²) in [6, 6.07) is 3.19. The predicted octanol–water partition coefficient (Wildman–Crippen LogP) is 1.88. The van der Waals surface area contributed by atoms with Gasteiger partial charge in [-0.3, -0.25) is 5.10 Å². The molecule has 9 heteroatoms. The second kappa shape index (κ2) is 6.23. The summed E-state index contributed by atoms with van der Waals surface area (Å²) in [6.07, 6.45) is 1.50. The van der Waals surface area contributed by atoms with E-state index in [-0.39, 0.29) is 11.1 Å². The molecule has 0 radical (unpaired) electrons. The zero-order chi connectivity index (χ0) is 14.8. The van der Waals surface area contributed by atoms with Crippen LogP contribution in [0, 0.1) is 0 Å². The minimum Gasteiger partial charge on any atom is -0.316 e. The van der Waals surface area contributed by atoms with Crippen molar-refractivity contribution in [2.75, 3.05) is 7.05 Å². The molecule has 2 heterocycles. The molecule has 2 aromatic heterocycles. The molecule has 3 N–H and O–H groups in total. The molecule has 2 aromatic rings. The molecule has 0 bridgehead atoms. The summed E-state index contributed by atoms with van der Waals surface area (Å²) in [4.78, 5) is 0.855. The fourth-order valence-corrected chi connectivity index (χ4v) is 4.25. The minimum atomic E-state index is -3.65. The summed E-state index contributed by atoms with van der Waals surface area (Å²) in [6.45, 7) is 2.19. The van der Waals surface area contributed by atoms with Crippen molar-refractivity contribution in [1.29, 1.82) is 0 Å². The zero-order valence-electron chi connectivity index (χ0n) is 11.0. The van der Waals surface area contributed by atoms with Gasteiger partial charge in [-0.15, -0.1) is 11.3 Å². The third-order valence-corrected chi connectivity index (χ3v) is 5.64. The summed E-state index contributed by atoms with van der Waals surface area (Å²) in [5.41, 5.74) is 0.594. The van der Waals surface area contributed by atoms with Crippen molar-refractivity contribution in [1.82, 2.24) is 20.2 Å². The Morgan fingerprint density at radius 1 is 1.50 bits per heavy atom. The number of aromatic amines is 1. The fourth-order valence-electron chi connectivity index (χ4n) is 1.76. The molecule has 0 saturated heterocycles. The summed E-state index contributed by atoms with van der Waals surface area (Å²) in [5.74, 6) is 0. The van der Waals surface area contributed by atoms with Crippen molar-refractivity contribution in [3.63, 3.8) is 0 Å². The van der Waals surface area contributed by atoms with E-state index in [0.717, 1.165) is 4.88 Å². The van der Waals surface area contributed by atoms with E-state index in [4.69, 9.17) is 11.6 Å². The molecule has 0 spiro atoms. The molecule has 1 unspecified atom stereocenters. The Morgan fingerprint density at radius 3 is 2.85 bits per heavy atom. The van der Waals surface area contributed by atoms with Gasteiger partial charge in [-0.2, -0.15) is 5.10 Å². The van der Waals surface area contributed by atoms with Gasteiger partial charge >= 0.3 is 0 Å². The molecule has 0 aliphatic heterocycles. The van der Waals surface area contributed by atoms with Crippen molar-refractivity contribution in [2.24, 2.45) is 0 Å². The maximum atomic E-state index is 12.3. The van der Waals surface area contributed by atoms with Crippen LogP contribution < -0.4 is 10.0 Å². The molecule has 110 valence electrons. The normalized spacial score (nSPS) is 13.6. The SMILES string of the molecule is CNCc1cn[nH]c1S(=O)(=O)NC(C)c1ccc(Cl)s1. The van der Waals surface area contributed by atoms with Crippen molar-refractivity contribution in [2.45, 2.75) is 24.5 Å². The number of nitrogens with one attached hydrogen (secondary N) is 3. The Labute approximate surface area is 126 Å². The summed E-state index contributed by atoms with van der Waals surface area (Å²) in [5, 5.41) is 9.31. The average Bonchev–Trinajstić information content (AvgIpc) is 2.98. The van der Waals surface area contributed by atoms with Crippen LogP contribution in [0.25, 0.3) is 0 Å². The Morgan fingerprint density at radius 2 is 2.25 bits per heavy atom. The third-order valence-electron chi connectivity index (χ3n) is 2.67. The van der Waals surface area contributed by atoms with Crippen molar-refractivity contribution in [3.8, 4) is 0 Å². The molecule has 6 nitrogen and oxygen atoms in total. The number of sulfonamides is 1. The van der Waals surface area contributed by atoms with Crippen molar-refractivity contribution >= 4 is 33.0 Å². The lowest BCUT2D eigenvalue weighted by atomic mass is 10.3. The minimum absolute atomic E-state index is 0.0846. The van der Waals surface area contributed by atoms with Crippen LogP contribution in [0.1, 0.15) is 23.4 Å². The number of hydrogen-bond acceptors (Lipinski definition) is 5.